The summed E-state index contributed by atoms with van der Waals surface area (Å²) in [5.74, 6) is 0.0681. The quantitative estimate of drug-likeness (QED) is 0.417. The maximum atomic E-state index is 11.5. The van der Waals surface area contributed by atoms with Gasteiger partial charge in [0.15, 0.2) is 0 Å². The summed E-state index contributed by atoms with van der Waals surface area (Å²) in [6.45, 7) is 1.79. The van der Waals surface area contributed by atoms with Crippen LogP contribution >= 0.6 is 24.5 Å². The van der Waals surface area contributed by atoms with Gasteiger partial charge in [0.2, 0.25) is 0 Å². The second-order valence-electron chi connectivity index (χ2n) is 5.11. The van der Waals surface area contributed by atoms with Crippen molar-refractivity contribution < 1.29 is 8.98 Å². The van der Waals surface area contributed by atoms with Crippen LogP contribution < -0.4 is 0 Å². The van der Waals surface area contributed by atoms with Crippen LogP contribution in [0.2, 0.25) is 5.15 Å². The van der Waals surface area contributed by atoms with Crippen LogP contribution in [0.1, 0.15) is 16.2 Å². The van der Waals surface area contributed by atoms with Gasteiger partial charge in [-0.3, -0.25) is 0 Å². The zero-order valence-electron chi connectivity index (χ0n) is 12.7. The lowest BCUT2D eigenvalue weighted by atomic mass is 10.00. The molecule has 0 aliphatic heterocycles. The van der Waals surface area contributed by atoms with Crippen LogP contribution in [0, 0.1) is 6.92 Å². The maximum absolute atomic E-state index is 11.5. The number of carbonyl (C=O) groups excluding carboxylic acids is 1. The number of hydrogen-bond donors (Lipinski definition) is 1. The van der Waals surface area contributed by atoms with Crippen LogP contribution in [0.5, 0.6) is 0 Å². The van der Waals surface area contributed by atoms with Gasteiger partial charge in [0.1, 0.15) is 11.0 Å². The minimum atomic E-state index is -0.509. The first-order chi connectivity index (χ1) is 11.6. The van der Waals surface area contributed by atoms with E-state index in [1.807, 2.05) is 30.3 Å². The lowest BCUT2D eigenvalue weighted by molar-refractivity contribution is 0.0772. The number of rotatable bonds is 3. The highest BCUT2D eigenvalue weighted by atomic mass is 35.5. The fourth-order valence-corrected chi connectivity index (χ4v) is 2.85. The van der Waals surface area contributed by atoms with Gasteiger partial charge in [-0.25, -0.2) is 14.8 Å². The highest BCUT2D eigenvalue weighted by Crippen LogP contribution is 2.35. The van der Waals surface area contributed by atoms with E-state index in [1.165, 1.54) is 0 Å². The Morgan fingerprint density at radius 2 is 1.67 bits per heavy atom. The molecule has 0 saturated carbocycles. The first-order valence-electron chi connectivity index (χ1n) is 7.16. The van der Waals surface area contributed by atoms with E-state index in [4.69, 9.17) is 11.6 Å². The summed E-state index contributed by atoms with van der Waals surface area (Å²) in [6.07, 6.45) is 0. The molecule has 120 valence electrons. The summed E-state index contributed by atoms with van der Waals surface area (Å²) in [6, 6.07) is 16.6. The summed E-state index contributed by atoms with van der Waals surface area (Å²) < 4.78 is 4.42. The summed E-state index contributed by atoms with van der Waals surface area (Å²) in [5.41, 5.74) is 3.64. The van der Waals surface area contributed by atoms with Crippen LogP contribution in [0.4, 0.5) is 0 Å². The van der Waals surface area contributed by atoms with Gasteiger partial charge in [-0.05, 0) is 24.6 Å². The summed E-state index contributed by atoms with van der Waals surface area (Å²) >= 11 is 9.91. The molecule has 0 radical (unpaired) electrons. The van der Waals surface area contributed by atoms with Crippen LogP contribution in [-0.4, -0.2) is 15.9 Å². The Balaban J connectivity index is 2.15. The van der Waals surface area contributed by atoms with Crippen molar-refractivity contribution in [2.75, 3.05) is 0 Å². The molecular weight excluding hydrogens is 344 g/mol. The lowest BCUT2D eigenvalue weighted by Crippen LogP contribution is -1.99. The van der Waals surface area contributed by atoms with Crippen molar-refractivity contribution in [2.45, 2.75) is 6.92 Å². The lowest BCUT2D eigenvalue weighted by Gasteiger charge is -2.12. The molecule has 3 rings (SSSR count). The highest BCUT2D eigenvalue weighted by Gasteiger charge is 2.16. The third-order valence-corrected chi connectivity index (χ3v) is 3.96. The minimum absolute atomic E-state index is 0.391. The summed E-state index contributed by atoms with van der Waals surface area (Å²) in [7, 11) is 0. The summed E-state index contributed by atoms with van der Waals surface area (Å²) in [5, 5.41) is 0.391. The predicted molar refractivity (Wildman–Crippen MR) is 97.1 cm³/mol. The first kappa shape index (κ1) is 16.5. The number of carbonyl (C=O) groups is 1. The molecule has 0 N–H and O–H groups in total. The van der Waals surface area contributed by atoms with Gasteiger partial charge >= 0.3 is 5.97 Å². The van der Waals surface area contributed by atoms with Crippen molar-refractivity contribution in [3.8, 4) is 22.4 Å². The number of nitrogens with zero attached hydrogens (tertiary/aromatic N) is 2. The van der Waals surface area contributed by atoms with Crippen molar-refractivity contribution in [1.29, 1.82) is 0 Å². The molecule has 4 nitrogen and oxygen atoms in total. The van der Waals surface area contributed by atoms with Crippen LogP contribution in [0.25, 0.3) is 22.4 Å². The van der Waals surface area contributed by atoms with E-state index in [0.717, 1.165) is 16.7 Å². The van der Waals surface area contributed by atoms with Gasteiger partial charge in [-0.1, -0.05) is 54.1 Å². The van der Waals surface area contributed by atoms with Crippen molar-refractivity contribution in [3.05, 3.63) is 71.1 Å². The predicted octanol–water partition coefficient (Wildman–Crippen LogP) is 4.77. The Hall–Kier alpha value is -2.37. The number of halogens is 1. The number of thiol groups is 1. The van der Waals surface area contributed by atoms with Crippen LogP contribution in [0.15, 0.2) is 54.6 Å². The van der Waals surface area contributed by atoms with Gasteiger partial charge in [0, 0.05) is 24.0 Å². The molecular formula is C18H13ClN2O2S. The number of aryl methyl sites for hydroxylation is 1. The van der Waals surface area contributed by atoms with Gasteiger partial charge in [0.25, 0.3) is 0 Å². The smallest absolute Gasteiger partial charge is 0.349 e. The Labute approximate surface area is 150 Å². The molecule has 0 spiro atoms. The topological polar surface area (TPSA) is 52.1 Å². The van der Waals surface area contributed by atoms with E-state index in [9.17, 15) is 4.79 Å². The fraction of sp³-hybridized carbons (Fsp3) is 0.0556. The fourth-order valence-electron chi connectivity index (χ4n) is 2.42. The van der Waals surface area contributed by atoms with Gasteiger partial charge in [-0.2, -0.15) is 0 Å². The molecule has 0 saturated heterocycles. The van der Waals surface area contributed by atoms with Crippen molar-refractivity contribution in [1.82, 2.24) is 9.97 Å². The average Bonchev–Trinajstić information content (AvgIpc) is 2.61. The van der Waals surface area contributed by atoms with E-state index in [0.29, 0.717) is 22.2 Å². The molecule has 0 aliphatic rings. The average molecular weight is 357 g/mol. The Bertz CT molecular complexity index is 884. The van der Waals surface area contributed by atoms with Crippen molar-refractivity contribution in [3.63, 3.8) is 0 Å². The molecule has 0 fully saturated rings. The number of aromatic nitrogens is 2. The second-order valence-corrected chi connectivity index (χ2v) is 5.65. The maximum Gasteiger partial charge on any atom is 0.349 e. The van der Waals surface area contributed by atoms with Crippen LogP contribution in [-0.2, 0) is 4.18 Å². The molecule has 0 amide bonds. The van der Waals surface area contributed by atoms with Gasteiger partial charge in [0.05, 0.1) is 11.3 Å². The highest BCUT2D eigenvalue weighted by molar-refractivity contribution is 7.75. The van der Waals surface area contributed by atoms with Crippen molar-refractivity contribution in [2.24, 2.45) is 0 Å². The van der Waals surface area contributed by atoms with Gasteiger partial charge in [-0.15, -0.1) is 0 Å². The molecule has 2 aromatic carbocycles. The molecule has 6 heteroatoms. The molecule has 1 aromatic heterocycles. The molecule has 0 aliphatic carbocycles. The first-order valence-corrected chi connectivity index (χ1v) is 7.90. The normalized spacial score (nSPS) is 10.5. The number of hydrogen-bond acceptors (Lipinski definition) is 5. The Morgan fingerprint density at radius 1 is 1.00 bits per heavy atom. The molecule has 24 heavy (non-hydrogen) atoms. The van der Waals surface area contributed by atoms with E-state index in [1.54, 1.807) is 31.2 Å². The van der Waals surface area contributed by atoms with Crippen LogP contribution in [0.3, 0.4) is 0 Å². The minimum Gasteiger partial charge on any atom is -0.391 e. The largest absolute Gasteiger partial charge is 0.391 e. The summed E-state index contributed by atoms with van der Waals surface area (Å²) in [4.78, 5) is 20.3. The van der Waals surface area contributed by atoms with E-state index < -0.39 is 5.97 Å². The Morgan fingerprint density at radius 3 is 2.29 bits per heavy atom. The molecule has 1 heterocycles. The monoisotopic (exact) mass is 356 g/mol. The molecule has 0 unspecified atom stereocenters. The van der Waals surface area contributed by atoms with Crippen molar-refractivity contribution >= 4 is 30.5 Å². The molecule has 3 aromatic rings. The zero-order valence-corrected chi connectivity index (χ0v) is 14.4. The van der Waals surface area contributed by atoms with E-state index >= 15 is 0 Å². The van der Waals surface area contributed by atoms with Gasteiger partial charge < -0.3 is 4.18 Å². The number of benzene rings is 2. The SMILES string of the molecule is Cc1nc(Cl)c(-c2ccccc2)c(-c2ccc(C(=O)OS)cc2)n1. The Kier molecular flexibility index (Phi) is 4.83. The second kappa shape index (κ2) is 7.03. The third kappa shape index (κ3) is 3.27. The van der Waals surface area contributed by atoms with E-state index in [2.05, 4.69) is 27.1 Å². The standard InChI is InChI=1S/C18H13ClN2O2S/c1-11-20-16(13-7-9-14(10-8-13)18(22)23-24)15(17(19)21-11)12-5-3-2-4-6-12/h2-10,24H,1H3. The molecule has 0 atom stereocenters. The molecule has 0 bridgehead atoms. The zero-order chi connectivity index (χ0) is 17.1. The third-order valence-electron chi connectivity index (χ3n) is 3.52. The van der Waals surface area contributed by atoms with E-state index in [-0.39, 0.29) is 0 Å².